The van der Waals surface area contributed by atoms with E-state index in [1.807, 2.05) is 44.2 Å². The lowest BCUT2D eigenvalue weighted by Crippen LogP contribution is -2.46. The van der Waals surface area contributed by atoms with Crippen molar-refractivity contribution in [3.63, 3.8) is 0 Å². The maximum absolute atomic E-state index is 4.72. The molecule has 23 heavy (non-hydrogen) atoms. The van der Waals surface area contributed by atoms with Gasteiger partial charge in [0, 0.05) is 60.6 Å². The summed E-state index contributed by atoms with van der Waals surface area (Å²) in [4.78, 5) is 18.2. The van der Waals surface area contributed by atoms with Gasteiger partial charge >= 0.3 is 0 Å². The molecule has 1 aliphatic heterocycles. The molecule has 6 nitrogen and oxygen atoms in total. The van der Waals surface area contributed by atoms with E-state index in [2.05, 4.69) is 33.8 Å². The Kier molecular flexibility index (Phi) is 6.21. The lowest BCUT2D eigenvalue weighted by Gasteiger charge is -2.34. The standard InChI is InChI=1S/C17H30N6/c1-6-22-9-11-23(12-10-22)16-13-15(7-8-18-16)14-19-17(20(2)3)21(4)5/h7-8,13H,6,9-12,14H2,1-5H3. The van der Waals surface area contributed by atoms with E-state index in [1.165, 1.54) is 5.56 Å². The number of aliphatic imine (C=N–C) groups is 1. The number of aromatic nitrogens is 1. The minimum absolute atomic E-state index is 0.677. The van der Waals surface area contributed by atoms with Gasteiger partial charge in [0.05, 0.1) is 6.54 Å². The first-order chi connectivity index (χ1) is 11.0. The predicted molar refractivity (Wildman–Crippen MR) is 97.1 cm³/mol. The number of hydrogen-bond donors (Lipinski definition) is 0. The fraction of sp³-hybridized carbons (Fsp3) is 0.647. The van der Waals surface area contributed by atoms with Crippen LogP contribution in [0.4, 0.5) is 5.82 Å². The van der Waals surface area contributed by atoms with Gasteiger partial charge in [-0.3, -0.25) is 0 Å². The summed E-state index contributed by atoms with van der Waals surface area (Å²) in [7, 11) is 8.07. The highest BCUT2D eigenvalue weighted by Gasteiger charge is 2.16. The average Bonchev–Trinajstić information content (AvgIpc) is 2.55. The second kappa shape index (κ2) is 8.15. The van der Waals surface area contributed by atoms with Crippen molar-refractivity contribution < 1.29 is 0 Å². The van der Waals surface area contributed by atoms with Crippen molar-refractivity contribution in [1.82, 2.24) is 19.7 Å². The van der Waals surface area contributed by atoms with Crippen LogP contribution in [-0.2, 0) is 6.54 Å². The highest BCUT2D eigenvalue weighted by atomic mass is 15.3. The Balaban J connectivity index is 2.04. The van der Waals surface area contributed by atoms with E-state index in [4.69, 9.17) is 4.99 Å². The zero-order valence-corrected chi connectivity index (χ0v) is 15.2. The number of anilines is 1. The number of pyridine rings is 1. The summed E-state index contributed by atoms with van der Waals surface area (Å²) in [6.07, 6.45) is 1.90. The molecule has 0 N–H and O–H groups in total. The molecule has 0 unspecified atom stereocenters. The predicted octanol–water partition coefficient (Wildman–Crippen LogP) is 1.20. The van der Waals surface area contributed by atoms with E-state index in [1.54, 1.807) is 0 Å². The molecule has 1 aromatic rings. The van der Waals surface area contributed by atoms with Crippen molar-refractivity contribution in [1.29, 1.82) is 0 Å². The molecule has 0 amide bonds. The maximum atomic E-state index is 4.72. The molecular formula is C17H30N6. The van der Waals surface area contributed by atoms with E-state index >= 15 is 0 Å². The van der Waals surface area contributed by atoms with Crippen LogP contribution in [-0.4, -0.2) is 86.6 Å². The van der Waals surface area contributed by atoms with Gasteiger partial charge in [-0.2, -0.15) is 0 Å². The summed E-state index contributed by atoms with van der Waals surface area (Å²) in [5, 5.41) is 0. The molecule has 0 spiro atoms. The Hall–Kier alpha value is -1.82. The van der Waals surface area contributed by atoms with Gasteiger partial charge in [0.15, 0.2) is 5.96 Å². The maximum Gasteiger partial charge on any atom is 0.195 e. The third kappa shape index (κ3) is 4.82. The Morgan fingerprint density at radius 2 is 1.78 bits per heavy atom. The molecule has 1 saturated heterocycles. The fourth-order valence-corrected chi connectivity index (χ4v) is 2.87. The van der Waals surface area contributed by atoms with Crippen LogP contribution in [0.3, 0.4) is 0 Å². The first kappa shape index (κ1) is 17.5. The van der Waals surface area contributed by atoms with Gasteiger partial charge in [0.2, 0.25) is 0 Å². The zero-order chi connectivity index (χ0) is 16.8. The normalized spacial score (nSPS) is 15.4. The number of likely N-dealkylation sites (N-methyl/N-ethyl adjacent to an activating group) is 1. The molecule has 0 radical (unpaired) electrons. The van der Waals surface area contributed by atoms with Gasteiger partial charge in [-0.1, -0.05) is 6.92 Å². The quantitative estimate of drug-likeness (QED) is 0.616. The summed E-state index contributed by atoms with van der Waals surface area (Å²) in [6, 6.07) is 4.23. The van der Waals surface area contributed by atoms with Crippen LogP contribution in [0.2, 0.25) is 0 Å². The lowest BCUT2D eigenvalue weighted by atomic mass is 10.2. The Labute approximate surface area is 140 Å². The average molecular weight is 318 g/mol. The van der Waals surface area contributed by atoms with E-state index in [0.717, 1.165) is 44.5 Å². The first-order valence-corrected chi connectivity index (χ1v) is 8.32. The van der Waals surface area contributed by atoms with E-state index < -0.39 is 0 Å². The SMILES string of the molecule is CCN1CCN(c2cc(CN=C(N(C)C)N(C)C)ccn2)CC1. The van der Waals surface area contributed by atoms with Crippen molar-refractivity contribution in [3.05, 3.63) is 23.9 Å². The summed E-state index contributed by atoms with van der Waals surface area (Å²) < 4.78 is 0. The fourth-order valence-electron chi connectivity index (χ4n) is 2.87. The topological polar surface area (TPSA) is 38.2 Å². The van der Waals surface area contributed by atoms with Crippen molar-refractivity contribution in [2.45, 2.75) is 13.5 Å². The van der Waals surface area contributed by atoms with Gasteiger partial charge in [0.1, 0.15) is 5.82 Å². The molecule has 6 heteroatoms. The van der Waals surface area contributed by atoms with E-state index in [9.17, 15) is 0 Å². The van der Waals surface area contributed by atoms with Crippen molar-refractivity contribution in [3.8, 4) is 0 Å². The van der Waals surface area contributed by atoms with E-state index in [0.29, 0.717) is 6.54 Å². The summed E-state index contributed by atoms with van der Waals surface area (Å²) in [5.41, 5.74) is 1.20. The number of nitrogens with zero attached hydrogens (tertiary/aromatic N) is 6. The minimum atomic E-state index is 0.677. The molecule has 1 fully saturated rings. The minimum Gasteiger partial charge on any atom is -0.354 e. The largest absolute Gasteiger partial charge is 0.354 e. The number of guanidine groups is 1. The van der Waals surface area contributed by atoms with Gasteiger partial charge in [-0.15, -0.1) is 0 Å². The molecule has 2 heterocycles. The van der Waals surface area contributed by atoms with Crippen LogP contribution in [0.15, 0.2) is 23.3 Å². The molecule has 0 atom stereocenters. The van der Waals surface area contributed by atoms with Gasteiger partial charge in [-0.05, 0) is 24.2 Å². The zero-order valence-electron chi connectivity index (χ0n) is 15.2. The van der Waals surface area contributed by atoms with Crippen LogP contribution in [0, 0.1) is 0 Å². The van der Waals surface area contributed by atoms with Crippen LogP contribution in [0.1, 0.15) is 12.5 Å². The highest BCUT2D eigenvalue weighted by molar-refractivity contribution is 5.79. The second-order valence-electron chi connectivity index (χ2n) is 6.35. The van der Waals surface area contributed by atoms with Gasteiger partial charge < -0.3 is 19.6 Å². The second-order valence-corrected chi connectivity index (χ2v) is 6.35. The molecule has 0 bridgehead atoms. The smallest absolute Gasteiger partial charge is 0.195 e. The molecule has 0 aliphatic carbocycles. The number of rotatable bonds is 4. The Morgan fingerprint density at radius 3 is 2.35 bits per heavy atom. The van der Waals surface area contributed by atoms with Crippen LogP contribution in [0.5, 0.6) is 0 Å². The summed E-state index contributed by atoms with van der Waals surface area (Å²) in [6.45, 7) is 8.37. The van der Waals surface area contributed by atoms with Crippen LogP contribution in [0.25, 0.3) is 0 Å². The first-order valence-electron chi connectivity index (χ1n) is 8.32. The van der Waals surface area contributed by atoms with Crippen LogP contribution >= 0.6 is 0 Å². The van der Waals surface area contributed by atoms with Gasteiger partial charge in [-0.25, -0.2) is 9.98 Å². The molecule has 1 aromatic heterocycles. The monoisotopic (exact) mass is 318 g/mol. The molecule has 0 aromatic carbocycles. The Morgan fingerprint density at radius 1 is 1.13 bits per heavy atom. The summed E-state index contributed by atoms with van der Waals surface area (Å²) in [5.74, 6) is 2.05. The van der Waals surface area contributed by atoms with Crippen molar-refractivity contribution in [2.24, 2.45) is 4.99 Å². The molecule has 128 valence electrons. The molecule has 1 aliphatic rings. The third-order valence-corrected chi connectivity index (χ3v) is 4.16. The summed E-state index contributed by atoms with van der Waals surface area (Å²) >= 11 is 0. The lowest BCUT2D eigenvalue weighted by molar-refractivity contribution is 0.270. The van der Waals surface area contributed by atoms with E-state index in [-0.39, 0.29) is 0 Å². The highest BCUT2D eigenvalue weighted by Crippen LogP contribution is 2.16. The molecular weight excluding hydrogens is 288 g/mol. The van der Waals surface area contributed by atoms with Gasteiger partial charge in [0.25, 0.3) is 0 Å². The molecule has 2 rings (SSSR count). The van der Waals surface area contributed by atoms with Crippen LogP contribution < -0.4 is 4.90 Å². The number of hydrogen-bond acceptors (Lipinski definition) is 4. The third-order valence-electron chi connectivity index (χ3n) is 4.16. The van der Waals surface area contributed by atoms with Crippen molar-refractivity contribution in [2.75, 3.05) is 65.8 Å². The molecule has 0 saturated carbocycles. The number of piperazine rings is 1. The Bertz CT molecular complexity index is 508. The van der Waals surface area contributed by atoms with Crippen molar-refractivity contribution >= 4 is 11.8 Å².